The minimum absolute atomic E-state index is 0.104. The molecule has 0 fully saturated rings. The molecule has 0 unspecified atom stereocenters. The van der Waals surface area contributed by atoms with E-state index in [9.17, 15) is 24.6 Å². The number of anilines is 1. The van der Waals surface area contributed by atoms with Crippen LogP contribution >= 0.6 is 0 Å². The summed E-state index contributed by atoms with van der Waals surface area (Å²) in [6, 6.07) is 20.6. The Bertz CT molecular complexity index is 1860. The minimum Gasteiger partial charge on any atom is -0.491 e. The lowest BCUT2D eigenvalue weighted by molar-refractivity contribution is -0.138. The van der Waals surface area contributed by atoms with Crippen LogP contribution in [-0.4, -0.2) is 118 Å². The van der Waals surface area contributed by atoms with Crippen molar-refractivity contribution in [3.63, 3.8) is 0 Å². The molecule has 3 atom stereocenters. The molecule has 0 aliphatic carbocycles. The molecule has 58 heavy (non-hydrogen) atoms. The monoisotopic (exact) mass is 803 g/mol. The van der Waals surface area contributed by atoms with Crippen molar-refractivity contribution in [3.05, 3.63) is 90.1 Å². The van der Waals surface area contributed by atoms with Crippen molar-refractivity contribution in [2.75, 3.05) is 77.9 Å². The average Bonchev–Trinajstić information content (AvgIpc) is 3.21. The maximum absolute atomic E-state index is 13.4. The summed E-state index contributed by atoms with van der Waals surface area (Å²) in [6.07, 6.45) is 0.631. The molecule has 4 rings (SSSR count). The molecule has 1 aromatic heterocycles. The summed E-state index contributed by atoms with van der Waals surface area (Å²) in [6.45, 7) is 8.43. The molecule has 0 saturated heterocycles. The fourth-order valence-corrected chi connectivity index (χ4v) is 6.04. The summed E-state index contributed by atoms with van der Waals surface area (Å²) in [5, 5.41) is 30.5. The first kappa shape index (κ1) is 45.5. The van der Waals surface area contributed by atoms with Crippen LogP contribution in [0.5, 0.6) is 5.75 Å². The standard InChI is InChI=1S/C43H57N5O10/c1-30-15-18-46-39(28-30)45-17-5-8-40(50)48-42(31(2)49)43(53)47-37(29-41(51)52)33-11-9-32(10-12-33)34-13-14-38(36-7-4-3-6-35(34)36)58-27-26-57-25-24-56-23-22-55-21-20-54-19-16-44/h3-4,6-7,9-15,18,28,31,37,42,49H,5,8,16-17,19-27,29,44H2,1-2H3,(H,45,46)(H,47,53)(H,48,50)(H,51,52)/t31-,37+,42+/m1/s1. The number of aryl methyl sites for hydroxylation is 1. The van der Waals surface area contributed by atoms with Crippen LogP contribution in [0.2, 0.25) is 0 Å². The number of aliphatic hydroxyl groups excluding tert-OH is 1. The second-order valence-corrected chi connectivity index (χ2v) is 13.6. The molecule has 0 aliphatic rings. The number of hydrogen-bond donors (Lipinski definition) is 6. The van der Waals surface area contributed by atoms with E-state index >= 15 is 0 Å². The van der Waals surface area contributed by atoms with Crippen LogP contribution in [0.1, 0.15) is 43.4 Å². The second-order valence-electron chi connectivity index (χ2n) is 13.6. The average molecular weight is 804 g/mol. The van der Waals surface area contributed by atoms with Gasteiger partial charge in [-0.25, -0.2) is 4.98 Å². The highest BCUT2D eigenvalue weighted by molar-refractivity contribution is 6.00. The third-order valence-corrected chi connectivity index (χ3v) is 8.95. The van der Waals surface area contributed by atoms with Crippen molar-refractivity contribution in [2.45, 2.75) is 51.3 Å². The highest BCUT2D eigenvalue weighted by Crippen LogP contribution is 2.35. The van der Waals surface area contributed by atoms with E-state index in [2.05, 4.69) is 20.9 Å². The van der Waals surface area contributed by atoms with Gasteiger partial charge < -0.3 is 55.6 Å². The zero-order chi connectivity index (χ0) is 41.5. The van der Waals surface area contributed by atoms with E-state index in [-0.39, 0.29) is 6.42 Å². The van der Waals surface area contributed by atoms with E-state index in [0.29, 0.717) is 96.1 Å². The van der Waals surface area contributed by atoms with Gasteiger partial charge in [-0.1, -0.05) is 54.6 Å². The number of carbonyl (C=O) groups is 3. The molecule has 2 amide bonds. The number of nitrogens with zero attached hydrogens (tertiary/aromatic N) is 1. The maximum Gasteiger partial charge on any atom is 0.305 e. The number of aliphatic carboxylic acids is 1. The van der Waals surface area contributed by atoms with Crippen molar-refractivity contribution in [1.82, 2.24) is 15.6 Å². The van der Waals surface area contributed by atoms with Crippen LogP contribution in [0, 0.1) is 6.92 Å². The van der Waals surface area contributed by atoms with Crippen LogP contribution in [0.3, 0.4) is 0 Å². The maximum atomic E-state index is 13.4. The third-order valence-electron chi connectivity index (χ3n) is 8.95. The van der Waals surface area contributed by atoms with Crippen molar-refractivity contribution < 1.29 is 48.3 Å². The van der Waals surface area contributed by atoms with Crippen LogP contribution in [0.15, 0.2) is 79.0 Å². The van der Waals surface area contributed by atoms with Gasteiger partial charge in [0.25, 0.3) is 0 Å². The van der Waals surface area contributed by atoms with Crippen molar-refractivity contribution in [2.24, 2.45) is 5.73 Å². The van der Waals surface area contributed by atoms with Gasteiger partial charge in [0.15, 0.2) is 0 Å². The first-order valence-corrected chi connectivity index (χ1v) is 19.6. The highest BCUT2D eigenvalue weighted by atomic mass is 16.6. The lowest BCUT2D eigenvalue weighted by Gasteiger charge is -2.25. The Hall–Kier alpha value is -5.16. The number of carboxylic acids is 1. The Morgan fingerprint density at radius 3 is 2.05 bits per heavy atom. The van der Waals surface area contributed by atoms with Gasteiger partial charge in [-0.3, -0.25) is 14.4 Å². The summed E-state index contributed by atoms with van der Waals surface area (Å²) in [4.78, 5) is 42.2. The lowest BCUT2D eigenvalue weighted by Crippen LogP contribution is -2.53. The fourth-order valence-electron chi connectivity index (χ4n) is 6.04. The number of fused-ring (bicyclic) bond motifs is 1. The van der Waals surface area contributed by atoms with Crippen molar-refractivity contribution >= 4 is 34.4 Å². The smallest absolute Gasteiger partial charge is 0.305 e. The highest BCUT2D eigenvalue weighted by Gasteiger charge is 2.29. The molecular formula is C43H57N5O10. The van der Waals surface area contributed by atoms with Gasteiger partial charge >= 0.3 is 5.97 Å². The molecule has 7 N–H and O–H groups in total. The number of aromatic nitrogens is 1. The number of nitrogens with one attached hydrogen (secondary N) is 3. The summed E-state index contributed by atoms with van der Waals surface area (Å²) in [5.41, 5.74) is 8.80. The molecule has 0 aliphatic heterocycles. The van der Waals surface area contributed by atoms with Gasteiger partial charge in [-0.15, -0.1) is 0 Å². The molecule has 15 heteroatoms. The SMILES string of the molecule is Cc1ccnc(NCCCC(=O)N[C@H](C(=O)N[C@@H](CC(=O)O)c2ccc(-c3ccc(OCCOCCOCCOCCOCCN)c4ccccc34)cc2)[C@@H](C)O)c1. The van der Waals surface area contributed by atoms with E-state index in [1.807, 2.05) is 67.6 Å². The minimum atomic E-state index is -1.28. The number of hydrogen-bond acceptors (Lipinski definition) is 12. The van der Waals surface area contributed by atoms with Gasteiger partial charge in [0.2, 0.25) is 11.8 Å². The molecule has 0 radical (unpaired) electrons. The van der Waals surface area contributed by atoms with Crippen LogP contribution in [0.25, 0.3) is 21.9 Å². The zero-order valence-corrected chi connectivity index (χ0v) is 33.3. The van der Waals surface area contributed by atoms with E-state index in [1.54, 1.807) is 18.3 Å². The molecule has 1 heterocycles. The van der Waals surface area contributed by atoms with Gasteiger partial charge in [-0.2, -0.15) is 0 Å². The fraction of sp³-hybridized carbons (Fsp3) is 0.442. The molecule has 15 nitrogen and oxygen atoms in total. The summed E-state index contributed by atoms with van der Waals surface area (Å²) in [5.74, 6) is -0.819. The lowest BCUT2D eigenvalue weighted by atomic mass is 9.95. The summed E-state index contributed by atoms with van der Waals surface area (Å²) >= 11 is 0. The molecule has 314 valence electrons. The molecule has 4 aromatic rings. The number of amides is 2. The largest absolute Gasteiger partial charge is 0.491 e. The third kappa shape index (κ3) is 15.6. The Morgan fingerprint density at radius 1 is 0.793 bits per heavy atom. The van der Waals surface area contributed by atoms with E-state index < -0.39 is 42.4 Å². The Kier molecular flexibility index (Phi) is 19.8. The van der Waals surface area contributed by atoms with Crippen molar-refractivity contribution in [1.29, 1.82) is 0 Å². The molecule has 3 aromatic carbocycles. The predicted molar refractivity (Wildman–Crippen MR) is 221 cm³/mol. The van der Waals surface area contributed by atoms with Crippen LogP contribution in [-0.2, 0) is 33.3 Å². The van der Waals surface area contributed by atoms with E-state index in [0.717, 1.165) is 27.5 Å². The summed E-state index contributed by atoms with van der Waals surface area (Å²) < 4.78 is 28.0. The van der Waals surface area contributed by atoms with E-state index in [4.69, 9.17) is 29.4 Å². The van der Waals surface area contributed by atoms with Gasteiger partial charge in [0.1, 0.15) is 24.2 Å². The molecular weight excluding hydrogens is 746 g/mol. The van der Waals surface area contributed by atoms with Crippen LogP contribution in [0.4, 0.5) is 5.82 Å². The second kappa shape index (κ2) is 25.3. The Labute approximate surface area is 339 Å². The first-order chi connectivity index (χ1) is 28.2. The van der Waals surface area contributed by atoms with Gasteiger partial charge in [-0.05, 0) is 66.1 Å². The van der Waals surface area contributed by atoms with Crippen molar-refractivity contribution in [3.8, 4) is 16.9 Å². The Balaban J connectivity index is 1.28. The number of rotatable bonds is 28. The molecule has 0 saturated carbocycles. The quantitative estimate of drug-likeness (QED) is 0.0449. The van der Waals surface area contributed by atoms with Gasteiger partial charge in [0, 0.05) is 31.1 Å². The Morgan fingerprint density at radius 2 is 1.43 bits per heavy atom. The number of nitrogens with two attached hydrogens (primary N) is 1. The predicted octanol–water partition coefficient (Wildman–Crippen LogP) is 4.00. The molecule has 0 bridgehead atoms. The first-order valence-electron chi connectivity index (χ1n) is 19.6. The van der Waals surface area contributed by atoms with Gasteiger partial charge in [0.05, 0.1) is 71.4 Å². The summed E-state index contributed by atoms with van der Waals surface area (Å²) in [7, 11) is 0. The normalized spacial score (nSPS) is 12.8. The number of carboxylic acid groups (broad SMARTS) is 1. The topological polar surface area (TPSA) is 213 Å². The van der Waals surface area contributed by atoms with Crippen LogP contribution < -0.4 is 26.4 Å². The number of benzene rings is 3. The zero-order valence-electron chi connectivity index (χ0n) is 33.3. The number of ether oxygens (including phenoxy) is 5. The molecule has 0 spiro atoms. The van der Waals surface area contributed by atoms with E-state index in [1.165, 1.54) is 6.92 Å². The number of carbonyl (C=O) groups excluding carboxylic acids is 2. The number of pyridine rings is 1. The number of aliphatic hydroxyl groups is 1.